The first-order chi connectivity index (χ1) is 15.3. The topological polar surface area (TPSA) is 264 Å². The molecule has 17 nitrogen and oxygen atoms in total. The number of aromatic nitrogens is 2. The molecule has 0 aromatic carbocycles. The molecule has 0 saturated carbocycles. The SMILES string of the molecule is C=C(C)C[C@@H](O[C@](F)(COP(=O)(O)OP(=O)(O)OP(=O)(O)O)[C@@H](O)CO)n1ccc(=O)[nH]c1=O. The van der Waals surface area contributed by atoms with Crippen LogP contribution in [0.3, 0.4) is 0 Å². The summed E-state index contributed by atoms with van der Waals surface area (Å²) >= 11 is 0. The van der Waals surface area contributed by atoms with Gasteiger partial charge in [-0.05, 0) is 6.92 Å². The van der Waals surface area contributed by atoms with E-state index in [-0.39, 0.29) is 12.0 Å². The Morgan fingerprint density at radius 2 is 1.79 bits per heavy atom. The summed E-state index contributed by atoms with van der Waals surface area (Å²) in [5.41, 5.74) is -1.62. The number of H-pyrrole nitrogens is 1. The number of hydrogen-bond donors (Lipinski definition) is 7. The van der Waals surface area contributed by atoms with Gasteiger partial charge in [0.2, 0.25) is 0 Å². The normalized spacial score (nSPS) is 19.4. The van der Waals surface area contributed by atoms with Crippen molar-refractivity contribution in [2.45, 2.75) is 31.5 Å². The summed E-state index contributed by atoms with van der Waals surface area (Å²) in [6.45, 7) is 1.81. The van der Waals surface area contributed by atoms with Gasteiger partial charge in [0.15, 0.2) is 0 Å². The lowest BCUT2D eigenvalue weighted by molar-refractivity contribution is -0.267. The van der Waals surface area contributed by atoms with Crippen LogP contribution in [0.15, 0.2) is 34.0 Å². The van der Waals surface area contributed by atoms with Crippen molar-refractivity contribution >= 4 is 23.5 Å². The largest absolute Gasteiger partial charge is 0.490 e. The second-order valence-electron chi connectivity index (χ2n) is 6.60. The first-order valence-electron chi connectivity index (χ1n) is 8.69. The molecule has 0 spiro atoms. The number of halogens is 1. The summed E-state index contributed by atoms with van der Waals surface area (Å²) in [5, 5.41) is 19.0. The minimum Gasteiger partial charge on any atom is -0.393 e. The number of rotatable bonds is 14. The van der Waals surface area contributed by atoms with Gasteiger partial charge in [-0.25, -0.2) is 22.9 Å². The van der Waals surface area contributed by atoms with E-state index in [1.54, 1.807) is 0 Å². The van der Waals surface area contributed by atoms with Gasteiger partial charge in [0.25, 0.3) is 11.4 Å². The highest BCUT2D eigenvalue weighted by Gasteiger charge is 2.47. The second-order valence-corrected chi connectivity index (χ2v) is 11.0. The summed E-state index contributed by atoms with van der Waals surface area (Å²) in [7, 11) is -17.4. The number of ether oxygens (including phenoxy) is 1. The summed E-state index contributed by atoms with van der Waals surface area (Å²) in [4.78, 5) is 60.8. The van der Waals surface area contributed by atoms with E-state index in [4.69, 9.17) is 24.5 Å². The lowest BCUT2D eigenvalue weighted by atomic mass is 10.1. The van der Waals surface area contributed by atoms with E-state index >= 15 is 4.39 Å². The zero-order valence-corrected chi connectivity index (χ0v) is 19.8. The molecule has 196 valence electrons. The molecule has 5 atom stereocenters. The van der Waals surface area contributed by atoms with Crippen molar-refractivity contribution in [3.8, 4) is 0 Å². The zero-order valence-electron chi connectivity index (χ0n) is 17.2. The number of phosphoric acid groups is 3. The Kier molecular flexibility index (Phi) is 10.4. The summed E-state index contributed by atoms with van der Waals surface area (Å²) in [6, 6.07) is 0.866. The van der Waals surface area contributed by atoms with Crippen LogP contribution in [0.25, 0.3) is 0 Å². The molecule has 7 N–H and O–H groups in total. The Morgan fingerprint density at radius 3 is 2.26 bits per heavy atom. The zero-order chi connectivity index (χ0) is 26.5. The van der Waals surface area contributed by atoms with Gasteiger partial charge in [0.05, 0.1) is 6.61 Å². The maximum Gasteiger partial charge on any atom is 0.490 e. The van der Waals surface area contributed by atoms with Crippen LogP contribution in [0.5, 0.6) is 0 Å². The molecule has 0 aliphatic rings. The van der Waals surface area contributed by atoms with E-state index in [2.05, 4.69) is 19.7 Å². The molecule has 1 heterocycles. The van der Waals surface area contributed by atoms with Crippen LogP contribution in [0.2, 0.25) is 0 Å². The number of alkyl halides is 1. The fourth-order valence-corrected chi connectivity index (χ4v) is 5.23. The van der Waals surface area contributed by atoms with E-state index in [1.165, 1.54) is 6.92 Å². The Bertz CT molecular complexity index is 1130. The number of phosphoric ester groups is 1. The monoisotopic (exact) mass is 558 g/mol. The highest BCUT2D eigenvalue weighted by Crippen LogP contribution is 2.66. The number of aromatic amines is 1. The Balaban J connectivity index is 3.21. The van der Waals surface area contributed by atoms with E-state index in [9.17, 15) is 33.3 Å². The maximum atomic E-state index is 15.5. The minimum absolute atomic E-state index is 0.289. The number of aliphatic hydroxyl groups excluding tert-OH is 2. The fourth-order valence-electron chi connectivity index (χ4n) is 2.19. The summed E-state index contributed by atoms with van der Waals surface area (Å²) in [6.07, 6.45) is -3.63. The third-order valence-corrected chi connectivity index (χ3v) is 7.31. The van der Waals surface area contributed by atoms with Crippen molar-refractivity contribution in [2.24, 2.45) is 0 Å². The molecule has 21 heteroatoms. The van der Waals surface area contributed by atoms with Gasteiger partial charge in [0.1, 0.15) is 18.9 Å². The standard InChI is InChI=1S/C13H22FN2O15P3/c1-8(2)5-11(16-4-3-10(19)15-12(16)20)29-13(14,9(18)6-17)7-28-33(24,25)31-34(26,27)30-32(21,22)23/h3-4,9,11,17-18H,1,5-7H2,2H3,(H,24,25)(H,26,27)(H,15,19,20)(H2,21,22,23)/t9-,11+,13+/m0/s1. The predicted molar refractivity (Wildman–Crippen MR) is 108 cm³/mol. The van der Waals surface area contributed by atoms with Crippen molar-refractivity contribution in [3.63, 3.8) is 0 Å². The van der Waals surface area contributed by atoms with Crippen molar-refractivity contribution in [2.75, 3.05) is 13.2 Å². The Hall–Kier alpha value is -1.36. The van der Waals surface area contributed by atoms with Gasteiger partial charge in [-0.3, -0.25) is 18.9 Å². The van der Waals surface area contributed by atoms with E-state index in [0.717, 1.165) is 12.3 Å². The summed E-state index contributed by atoms with van der Waals surface area (Å²) < 4.78 is 66.1. The van der Waals surface area contributed by atoms with Gasteiger partial charge < -0.3 is 34.5 Å². The van der Waals surface area contributed by atoms with Gasteiger partial charge in [-0.1, -0.05) is 12.2 Å². The Morgan fingerprint density at radius 1 is 1.21 bits per heavy atom. The molecule has 2 unspecified atom stereocenters. The fraction of sp³-hybridized carbons (Fsp3) is 0.538. The molecular formula is C13H22FN2O15P3. The van der Waals surface area contributed by atoms with Crippen LogP contribution < -0.4 is 11.2 Å². The van der Waals surface area contributed by atoms with E-state index in [0.29, 0.717) is 4.57 Å². The lowest BCUT2D eigenvalue weighted by Crippen LogP contribution is -2.49. The molecule has 1 aromatic heterocycles. The van der Waals surface area contributed by atoms with Crippen LogP contribution in [0.1, 0.15) is 19.6 Å². The van der Waals surface area contributed by atoms with Crippen LogP contribution in [0, 0.1) is 0 Å². The molecule has 0 aliphatic carbocycles. The highest BCUT2D eigenvalue weighted by molar-refractivity contribution is 7.66. The first kappa shape index (κ1) is 30.7. The van der Waals surface area contributed by atoms with Gasteiger partial charge in [0, 0.05) is 18.7 Å². The number of aliphatic hydroxyl groups is 2. The lowest BCUT2D eigenvalue weighted by Gasteiger charge is -2.34. The van der Waals surface area contributed by atoms with Crippen LogP contribution in [0.4, 0.5) is 4.39 Å². The van der Waals surface area contributed by atoms with Crippen molar-refractivity contribution in [1.29, 1.82) is 0 Å². The molecule has 0 aliphatic heterocycles. The van der Waals surface area contributed by atoms with E-state index < -0.39 is 66.1 Å². The average molecular weight is 558 g/mol. The van der Waals surface area contributed by atoms with Crippen LogP contribution >= 0.6 is 23.5 Å². The molecule has 34 heavy (non-hydrogen) atoms. The average Bonchev–Trinajstić information content (AvgIpc) is 2.62. The second kappa shape index (κ2) is 11.6. The molecule has 0 amide bonds. The van der Waals surface area contributed by atoms with Crippen molar-refractivity contribution in [1.82, 2.24) is 9.55 Å². The summed E-state index contributed by atoms with van der Waals surface area (Å²) in [5.74, 6) is -3.62. The molecule has 1 rings (SSSR count). The highest BCUT2D eigenvalue weighted by atomic mass is 31.3. The van der Waals surface area contributed by atoms with E-state index in [1.807, 2.05) is 4.98 Å². The van der Waals surface area contributed by atoms with Crippen LogP contribution in [-0.2, 0) is 31.6 Å². The molecule has 0 radical (unpaired) electrons. The smallest absolute Gasteiger partial charge is 0.393 e. The number of nitrogens with zero attached hydrogens (tertiary/aromatic N) is 1. The number of nitrogens with one attached hydrogen (secondary N) is 1. The van der Waals surface area contributed by atoms with Gasteiger partial charge in [-0.2, -0.15) is 8.62 Å². The molecular weight excluding hydrogens is 536 g/mol. The first-order valence-corrected chi connectivity index (χ1v) is 13.2. The van der Waals surface area contributed by atoms with Crippen LogP contribution in [-0.4, -0.2) is 64.5 Å². The molecule has 1 aromatic rings. The molecule has 0 bridgehead atoms. The van der Waals surface area contributed by atoms with Crippen molar-refractivity contribution < 1.29 is 65.8 Å². The van der Waals surface area contributed by atoms with Gasteiger partial charge >= 0.3 is 29.2 Å². The molecule has 0 saturated heterocycles. The van der Waals surface area contributed by atoms with Crippen molar-refractivity contribution in [3.05, 3.63) is 45.3 Å². The number of hydrogen-bond acceptors (Lipinski definition) is 11. The third kappa shape index (κ3) is 10.1. The van der Waals surface area contributed by atoms with Gasteiger partial charge in [-0.15, -0.1) is 0 Å². The maximum absolute atomic E-state index is 15.5. The minimum atomic E-state index is -5.92. The molecule has 0 fully saturated rings. The third-order valence-electron chi connectivity index (χ3n) is 3.53. The quantitative estimate of drug-likeness (QED) is 0.111. The predicted octanol–water partition coefficient (Wildman–Crippen LogP) is -0.620. The Labute approximate surface area is 189 Å².